The minimum Gasteiger partial charge on any atom is -0.490 e. The fourth-order valence-corrected chi connectivity index (χ4v) is 2.39. The molecule has 1 atom stereocenters. The van der Waals surface area contributed by atoms with Crippen molar-refractivity contribution >= 4 is 11.3 Å². The number of hydrogen-bond donors (Lipinski definition) is 1. The lowest BCUT2D eigenvalue weighted by atomic mass is 9.94. The van der Waals surface area contributed by atoms with E-state index in [0.29, 0.717) is 13.0 Å². The van der Waals surface area contributed by atoms with Crippen molar-refractivity contribution in [2.45, 2.75) is 12.5 Å². The summed E-state index contributed by atoms with van der Waals surface area (Å²) in [4.78, 5) is 0. The monoisotopic (exact) mass is 252 g/mol. The lowest BCUT2D eigenvalue weighted by Gasteiger charge is -2.25. The van der Waals surface area contributed by atoms with Gasteiger partial charge in [-0.15, -0.1) is 0 Å². The normalized spacial score (nSPS) is 19.1. The fraction of sp³-hybridized carbons (Fsp3) is 0.176. The van der Waals surface area contributed by atoms with E-state index in [1.54, 1.807) is 0 Å². The van der Waals surface area contributed by atoms with Gasteiger partial charge in [-0.1, -0.05) is 60.7 Å². The maximum absolute atomic E-state index is 9.85. The summed E-state index contributed by atoms with van der Waals surface area (Å²) in [6, 6.07) is 20.2. The Morgan fingerprint density at radius 1 is 0.842 bits per heavy atom. The van der Waals surface area contributed by atoms with Gasteiger partial charge in [0.15, 0.2) is 0 Å². The van der Waals surface area contributed by atoms with Crippen molar-refractivity contribution in [1.29, 1.82) is 0 Å². The van der Waals surface area contributed by atoms with Gasteiger partial charge in [-0.25, -0.2) is 0 Å². The van der Waals surface area contributed by atoms with Gasteiger partial charge in [-0.3, -0.25) is 0 Å². The molecule has 0 saturated heterocycles. The Kier molecular flexibility index (Phi) is 3.34. The number of aliphatic hydroxyl groups excluding tert-OH is 1. The zero-order chi connectivity index (χ0) is 13.1. The lowest BCUT2D eigenvalue weighted by molar-refractivity contribution is 0.0880. The van der Waals surface area contributed by atoms with Gasteiger partial charge in [-0.2, -0.15) is 0 Å². The highest BCUT2D eigenvalue weighted by Crippen LogP contribution is 2.34. The number of rotatable bonds is 2. The molecule has 1 aliphatic heterocycles. The molecule has 0 fully saturated rings. The van der Waals surface area contributed by atoms with Crippen LogP contribution in [0.4, 0.5) is 0 Å². The maximum atomic E-state index is 9.85. The topological polar surface area (TPSA) is 29.5 Å². The summed E-state index contributed by atoms with van der Waals surface area (Å²) >= 11 is 0. The van der Waals surface area contributed by atoms with Crippen LogP contribution in [0.25, 0.3) is 11.3 Å². The molecule has 0 bridgehead atoms. The second-order valence-corrected chi connectivity index (χ2v) is 4.71. The van der Waals surface area contributed by atoms with Gasteiger partial charge in [0.25, 0.3) is 0 Å². The molecule has 1 N–H and O–H groups in total. The van der Waals surface area contributed by atoms with Gasteiger partial charge in [0.05, 0.1) is 6.10 Å². The third-order valence-corrected chi connectivity index (χ3v) is 3.29. The van der Waals surface area contributed by atoms with Crippen LogP contribution >= 0.6 is 0 Å². The molecule has 0 amide bonds. The van der Waals surface area contributed by atoms with Crippen molar-refractivity contribution in [3.05, 3.63) is 71.8 Å². The molecular weight excluding hydrogens is 236 g/mol. The molecule has 1 aliphatic rings. The SMILES string of the molecule is OC1COC(c2ccccc2)=C(c2ccccc2)C1. The maximum Gasteiger partial charge on any atom is 0.130 e. The molecule has 3 rings (SSSR count). The first-order valence-electron chi connectivity index (χ1n) is 6.49. The highest BCUT2D eigenvalue weighted by Gasteiger charge is 2.22. The van der Waals surface area contributed by atoms with E-state index in [1.807, 2.05) is 48.5 Å². The molecule has 1 heterocycles. The highest BCUT2D eigenvalue weighted by molar-refractivity contribution is 5.88. The summed E-state index contributed by atoms with van der Waals surface area (Å²) in [6.07, 6.45) is 0.205. The van der Waals surface area contributed by atoms with E-state index in [2.05, 4.69) is 12.1 Å². The van der Waals surface area contributed by atoms with Crippen molar-refractivity contribution in [1.82, 2.24) is 0 Å². The van der Waals surface area contributed by atoms with Crippen molar-refractivity contribution in [2.24, 2.45) is 0 Å². The average molecular weight is 252 g/mol. The Balaban J connectivity index is 2.10. The molecule has 0 aliphatic carbocycles. The van der Waals surface area contributed by atoms with Crippen LogP contribution in [0.2, 0.25) is 0 Å². The third-order valence-electron chi connectivity index (χ3n) is 3.29. The van der Waals surface area contributed by atoms with E-state index in [4.69, 9.17) is 4.74 Å². The van der Waals surface area contributed by atoms with Crippen LogP contribution in [-0.2, 0) is 4.74 Å². The minimum absolute atomic E-state index is 0.362. The molecule has 2 nitrogen and oxygen atoms in total. The van der Waals surface area contributed by atoms with E-state index >= 15 is 0 Å². The van der Waals surface area contributed by atoms with Gasteiger partial charge in [0.2, 0.25) is 0 Å². The Labute approximate surface area is 113 Å². The predicted octanol–water partition coefficient (Wildman–Crippen LogP) is 3.34. The van der Waals surface area contributed by atoms with E-state index in [9.17, 15) is 5.11 Å². The van der Waals surface area contributed by atoms with Crippen LogP contribution in [0, 0.1) is 0 Å². The Morgan fingerprint density at radius 3 is 2.05 bits per heavy atom. The van der Waals surface area contributed by atoms with Crippen LogP contribution in [0.1, 0.15) is 17.5 Å². The highest BCUT2D eigenvalue weighted by atomic mass is 16.5. The lowest BCUT2D eigenvalue weighted by Crippen LogP contribution is -2.21. The van der Waals surface area contributed by atoms with E-state index in [-0.39, 0.29) is 0 Å². The van der Waals surface area contributed by atoms with Crippen LogP contribution in [0.15, 0.2) is 60.7 Å². The van der Waals surface area contributed by atoms with Gasteiger partial charge in [-0.05, 0) is 5.56 Å². The van der Waals surface area contributed by atoms with Gasteiger partial charge >= 0.3 is 0 Å². The number of ether oxygens (including phenoxy) is 1. The molecule has 0 radical (unpaired) electrons. The Morgan fingerprint density at radius 2 is 1.42 bits per heavy atom. The summed E-state index contributed by atoms with van der Waals surface area (Å²) in [7, 11) is 0. The fourth-order valence-electron chi connectivity index (χ4n) is 2.39. The first kappa shape index (κ1) is 12.0. The van der Waals surface area contributed by atoms with Crippen molar-refractivity contribution in [3.63, 3.8) is 0 Å². The average Bonchev–Trinajstić information content (AvgIpc) is 2.49. The third kappa shape index (κ3) is 2.54. The smallest absolute Gasteiger partial charge is 0.130 e. The van der Waals surface area contributed by atoms with E-state index in [0.717, 1.165) is 22.5 Å². The Hall–Kier alpha value is -2.06. The zero-order valence-corrected chi connectivity index (χ0v) is 10.6. The molecular formula is C17H16O2. The van der Waals surface area contributed by atoms with Gasteiger partial charge in [0, 0.05) is 17.6 Å². The number of benzene rings is 2. The van der Waals surface area contributed by atoms with Crippen LogP contribution in [0.5, 0.6) is 0 Å². The van der Waals surface area contributed by atoms with Crippen LogP contribution in [0.3, 0.4) is 0 Å². The largest absolute Gasteiger partial charge is 0.490 e. The molecule has 2 aromatic rings. The zero-order valence-electron chi connectivity index (χ0n) is 10.6. The minimum atomic E-state index is -0.428. The molecule has 1 unspecified atom stereocenters. The predicted molar refractivity (Wildman–Crippen MR) is 76.3 cm³/mol. The molecule has 0 spiro atoms. The molecule has 0 saturated carbocycles. The second kappa shape index (κ2) is 5.29. The number of hydrogen-bond acceptors (Lipinski definition) is 2. The van der Waals surface area contributed by atoms with Gasteiger partial charge < -0.3 is 9.84 Å². The number of aliphatic hydroxyl groups is 1. The summed E-state index contributed by atoms with van der Waals surface area (Å²) in [6.45, 7) is 0.362. The first-order valence-corrected chi connectivity index (χ1v) is 6.49. The van der Waals surface area contributed by atoms with E-state index in [1.165, 1.54) is 0 Å². The molecule has 96 valence electrons. The van der Waals surface area contributed by atoms with Crippen molar-refractivity contribution in [2.75, 3.05) is 6.61 Å². The second-order valence-electron chi connectivity index (χ2n) is 4.71. The summed E-state index contributed by atoms with van der Waals surface area (Å²) in [5.74, 6) is 0.886. The molecule has 0 aromatic heterocycles. The van der Waals surface area contributed by atoms with Crippen LogP contribution in [-0.4, -0.2) is 17.8 Å². The summed E-state index contributed by atoms with van der Waals surface area (Å²) < 4.78 is 5.77. The van der Waals surface area contributed by atoms with Crippen molar-refractivity contribution in [3.8, 4) is 0 Å². The molecule has 2 aromatic carbocycles. The molecule has 19 heavy (non-hydrogen) atoms. The van der Waals surface area contributed by atoms with E-state index < -0.39 is 6.10 Å². The first-order chi connectivity index (χ1) is 9.34. The standard InChI is InChI=1S/C17H16O2/c18-15-11-16(13-7-3-1-4-8-13)17(19-12-15)14-9-5-2-6-10-14/h1-10,15,18H,11-12H2. The summed E-state index contributed by atoms with van der Waals surface area (Å²) in [5, 5.41) is 9.85. The summed E-state index contributed by atoms with van der Waals surface area (Å²) in [5.41, 5.74) is 3.25. The quantitative estimate of drug-likeness (QED) is 0.888. The van der Waals surface area contributed by atoms with Gasteiger partial charge in [0.1, 0.15) is 12.4 Å². The Bertz CT molecular complexity index is 573. The molecule has 2 heteroatoms. The van der Waals surface area contributed by atoms with Crippen molar-refractivity contribution < 1.29 is 9.84 Å². The van der Waals surface area contributed by atoms with Crippen LogP contribution < -0.4 is 0 Å².